The first-order valence-electron chi connectivity index (χ1n) is 6.89. The van der Waals surface area contributed by atoms with Gasteiger partial charge in [-0.1, -0.05) is 19.4 Å². The molecule has 1 aliphatic heterocycles. The van der Waals surface area contributed by atoms with Crippen LogP contribution >= 0.6 is 0 Å². The molecule has 1 aromatic rings. The van der Waals surface area contributed by atoms with E-state index in [1.165, 1.54) is 0 Å². The van der Waals surface area contributed by atoms with E-state index in [1.54, 1.807) is 18.2 Å². The van der Waals surface area contributed by atoms with Crippen LogP contribution in [0.1, 0.15) is 43.4 Å². The van der Waals surface area contributed by atoms with Crippen LogP contribution in [0.4, 0.5) is 0 Å². The van der Waals surface area contributed by atoms with Gasteiger partial charge in [0.25, 0.3) is 0 Å². The van der Waals surface area contributed by atoms with Gasteiger partial charge in [-0.05, 0) is 29.7 Å². The number of amides is 1. The van der Waals surface area contributed by atoms with E-state index in [-0.39, 0.29) is 5.91 Å². The van der Waals surface area contributed by atoms with Gasteiger partial charge < -0.3 is 15.2 Å². The topological polar surface area (TPSA) is 75.6 Å². The number of hydrogen-bond donors (Lipinski definition) is 2. The molecule has 1 atom stereocenters. The molecule has 0 radical (unpaired) electrons. The molecule has 20 heavy (non-hydrogen) atoms. The maximum atomic E-state index is 11.7. The smallest absolute Gasteiger partial charge is 0.330 e. The fraction of sp³-hybridized carbons (Fsp3) is 0.467. The first kappa shape index (κ1) is 14.4. The number of carboxylic acid groups (broad SMARTS) is 1. The van der Waals surface area contributed by atoms with Gasteiger partial charge in [0.1, 0.15) is 5.75 Å². The van der Waals surface area contributed by atoms with Gasteiger partial charge in [0.2, 0.25) is 5.91 Å². The van der Waals surface area contributed by atoms with Gasteiger partial charge in [-0.3, -0.25) is 4.79 Å². The Hall–Kier alpha value is -2.04. The van der Waals surface area contributed by atoms with E-state index >= 15 is 0 Å². The molecular weight excluding hydrogens is 258 g/mol. The number of nitrogens with one attached hydrogen (secondary N) is 1. The average Bonchev–Trinajstić information content (AvgIpc) is 2.89. The van der Waals surface area contributed by atoms with Gasteiger partial charge in [0.05, 0.1) is 6.61 Å². The fourth-order valence-corrected chi connectivity index (χ4v) is 2.24. The Balaban J connectivity index is 2.12. The molecule has 2 N–H and O–H groups in total. The van der Waals surface area contributed by atoms with Crippen molar-refractivity contribution in [3.63, 3.8) is 0 Å². The third-order valence-corrected chi connectivity index (χ3v) is 3.36. The van der Waals surface area contributed by atoms with Gasteiger partial charge in [-0.2, -0.15) is 0 Å². The largest absolute Gasteiger partial charge is 0.493 e. The number of hydrogen-bond acceptors (Lipinski definition) is 3. The van der Waals surface area contributed by atoms with E-state index in [9.17, 15) is 14.7 Å². The van der Waals surface area contributed by atoms with Crippen LogP contribution in [0.2, 0.25) is 0 Å². The molecule has 1 aromatic carbocycles. The second kappa shape index (κ2) is 6.41. The normalized spacial score (nSPS) is 14.2. The van der Waals surface area contributed by atoms with Crippen LogP contribution in [0.25, 0.3) is 0 Å². The highest BCUT2D eigenvalue weighted by Gasteiger charge is 2.23. The van der Waals surface area contributed by atoms with Crippen molar-refractivity contribution in [2.45, 2.75) is 38.6 Å². The van der Waals surface area contributed by atoms with Gasteiger partial charge in [-0.25, -0.2) is 4.79 Å². The van der Waals surface area contributed by atoms with E-state index in [0.29, 0.717) is 18.6 Å². The standard InChI is InChI=1S/C15H19NO4/c1-2-3-4-13(17)16-14(15(18)19)11-5-6-12-10(9-11)7-8-20-12/h5-6,9,14H,2-4,7-8H2,1H3,(H,16,17)(H,18,19). The lowest BCUT2D eigenvalue weighted by molar-refractivity contribution is -0.142. The Morgan fingerprint density at radius 2 is 2.25 bits per heavy atom. The Bertz CT molecular complexity index is 513. The SMILES string of the molecule is CCCCC(=O)NC(C(=O)O)c1ccc2c(c1)CCO2. The number of ether oxygens (including phenoxy) is 1. The summed E-state index contributed by atoms with van der Waals surface area (Å²) in [5.74, 6) is -0.472. The van der Waals surface area contributed by atoms with Crippen LogP contribution in [0.3, 0.4) is 0 Å². The van der Waals surface area contributed by atoms with Gasteiger partial charge in [0, 0.05) is 12.8 Å². The molecule has 1 unspecified atom stereocenters. The Morgan fingerprint density at radius 1 is 1.45 bits per heavy atom. The van der Waals surface area contributed by atoms with Crippen LogP contribution in [-0.4, -0.2) is 23.6 Å². The molecule has 0 saturated heterocycles. The maximum absolute atomic E-state index is 11.7. The number of benzene rings is 1. The second-order valence-corrected chi connectivity index (χ2v) is 4.91. The van der Waals surface area contributed by atoms with Crippen LogP contribution in [-0.2, 0) is 16.0 Å². The Kier molecular flexibility index (Phi) is 4.61. The molecule has 0 bridgehead atoms. The lowest BCUT2D eigenvalue weighted by atomic mass is 10.0. The Morgan fingerprint density at radius 3 is 2.95 bits per heavy atom. The number of carboxylic acids is 1. The molecule has 0 spiro atoms. The minimum atomic E-state index is -1.05. The first-order valence-corrected chi connectivity index (χ1v) is 6.89. The highest BCUT2D eigenvalue weighted by atomic mass is 16.5. The molecule has 5 heteroatoms. The zero-order valence-corrected chi connectivity index (χ0v) is 11.5. The third kappa shape index (κ3) is 3.29. The summed E-state index contributed by atoms with van der Waals surface area (Å²) < 4.78 is 5.39. The summed E-state index contributed by atoms with van der Waals surface area (Å²) in [6.45, 7) is 2.61. The van der Waals surface area contributed by atoms with Crippen molar-refractivity contribution >= 4 is 11.9 Å². The molecule has 1 aliphatic rings. The van der Waals surface area contributed by atoms with Crippen LogP contribution in [0.5, 0.6) is 5.75 Å². The molecular formula is C15H19NO4. The number of carbonyl (C=O) groups excluding carboxylic acids is 1. The monoisotopic (exact) mass is 277 g/mol. The third-order valence-electron chi connectivity index (χ3n) is 3.36. The van der Waals surface area contributed by atoms with E-state index in [1.807, 2.05) is 6.92 Å². The average molecular weight is 277 g/mol. The van der Waals surface area contributed by atoms with Crippen molar-refractivity contribution in [2.24, 2.45) is 0 Å². The van der Waals surface area contributed by atoms with Crippen molar-refractivity contribution in [1.29, 1.82) is 0 Å². The van der Waals surface area contributed by atoms with Crippen molar-refractivity contribution in [3.8, 4) is 5.75 Å². The van der Waals surface area contributed by atoms with Gasteiger partial charge in [0.15, 0.2) is 6.04 Å². The van der Waals surface area contributed by atoms with Crippen LogP contribution in [0.15, 0.2) is 18.2 Å². The zero-order valence-electron chi connectivity index (χ0n) is 11.5. The lowest BCUT2D eigenvalue weighted by Gasteiger charge is -2.15. The second-order valence-electron chi connectivity index (χ2n) is 4.91. The number of rotatable bonds is 6. The molecule has 0 aromatic heterocycles. The number of carbonyl (C=O) groups is 2. The summed E-state index contributed by atoms with van der Waals surface area (Å²) in [6.07, 6.45) is 2.80. The minimum absolute atomic E-state index is 0.226. The van der Waals surface area contributed by atoms with E-state index in [0.717, 1.165) is 30.6 Å². The molecule has 1 amide bonds. The van der Waals surface area contributed by atoms with Gasteiger partial charge in [-0.15, -0.1) is 0 Å². The van der Waals surface area contributed by atoms with Crippen molar-refractivity contribution in [2.75, 3.05) is 6.61 Å². The zero-order chi connectivity index (χ0) is 14.5. The summed E-state index contributed by atoms with van der Waals surface area (Å²) in [4.78, 5) is 23.1. The van der Waals surface area contributed by atoms with E-state index in [2.05, 4.69) is 5.32 Å². The summed E-state index contributed by atoms with van der Waals surface area (Å²) in [6, 6.07) is 4.28. The Labute approximate surface area is 117 Å². The maximum Gasteiger partial charge on any atom is 0.330 e. The predicted molar refractivity (Wildman–Crippen MR) is 73.7 cm³/mol. The molecule has 0 aliphatic carbocycles. The predicted octanol–water partition coefficient (Wildman–Crippen LogP) is 2.05. The minimum Gasteiger partial charge on any atom is -0.493 e. The molecule has 0 saturated carbocycles. The summed E-state index contributed by atoms with van der Waals surface area (Å²) in [7, 11) is 0. The quantitative estimate of drug-likeness (QED) is 0.834. The summed E-state index contributed by atoms with van der Waals surface area (Å²) in [5.41, 5.74) is 1.59. The molecule has 0 fully saturated rings. The number of aliphatic carboxylic acids is 1. The fourth-order valence-electron chi connectivity index (χ4n) is 2.24. The molecule has 108 valence electrons. The molecule has 1 heterocycles. The first-order chi connectivity index (χ1) is 9.61. The number of fused-ring (bicyclic) bond motifs is 1. The van der Waals surface area contributed by atoms with E-state index in [4.69, 9.17) is 4.74 Å². The lowest BCUT2D eigenvalue weighted by Crippen LogP contribution is -2.33. The van der Waals surface area contributed by atoms with Gasteiger partial charge >= 0.3 is 5.97 Å². The van der Waals surface area contributed by atoms with Crippen LogP contribution in [0, 0.1) is 0 Å². The van der Waals surface area contributed by atoms with Crippen molar-refractivity contribution in [1.82, 2.24) is 5.32 Å². The molecule has 2 rings (SSSR count). The highest BCUT2D eigenvalue weighted by molar-refractivity contribution is 5.84. The number of unbranched alkanes of at least 4 members (excludes halogenated alkanes) is 1. The highest BCUT2D eigenvalue weighted by Crippen LogP contribution is 2.28. The molecule has 5 nitrogen and oxygen atoms in total. The van der Waals surface area contributed by atoms with Crippen molar-refractivity contribution in [3.05, 3.63) is 29.3 Å². The van der Waals surface area contributed by atoms with Crippen LogP contribution < -0.4 is 10.1 Å². The summed E-state index contributed by atoms with van der Waals surface area (Å²) >= 11 is 0. The summed E-state index contributed by atoms with van der Waals surface area (Å²) in [5, 5.41) is 11.9. The van der Waals surface area contributed by atoms with E-state index < -0.39 is 12.0 Å². The van der Waals surface area contributed by atoms with Crippen molar-refractivity contribution < 1.29 is 19.4 Å².